The van der Waals surface area contributed by atoms with E-state index < -0.39 is 10.0 Å². The van der Waals surface area contributed by atoms with Crippen molar-refractivity contribution in [3.05, 3.63) is 48.7 Å². The molecule has 0 radical (unpaired) electrons. The number of anilines is 1. The van der Waals surface area contributed by atoms with Crippen molar-refractivity contribution < 1.29 is 13.2 Å². The molecule has 1 saturated heterocycles. The Bertz CT molecular complexity index is 1120. The summed E-state index contributed by atoms with van der Waals surface area (Å²) in [4.78, 5) is 12.6. The molecule has 8 nitrogen and oxygen atoms in total. The van der Waals surface area contributed by atoms with E-state index in [1.165, 1.54) is 11.8 Å². The molecule has 1 N–H and O–H groups in total. The first-order valence-electron chi connectivity index (χ1n) is 9.87. The molecule has 1 aromatic carbocycles. The fourth-order valence-electron chi connectivity index (χ4n) is 3.39. The van der Waals surface area contributed by atoms with E-state index in [0.29, 0.717) is 23.9 Å². The Labute approximate surface area is 179 Å². The van der Waals surface area contributed by atoms with E-state index in [9.17, 15) is 13.2 Å². The van der Waals surface area contributed by atoms with Crippen LogP contribution in [0.1, 0.15) is 25.7 Å². The van der Waals surface area contributed by atoms with Crippen LogP contribution >= 0.6 is 11.8 Å². The maximum Gasteiger partial charge on any atom is 0.243 e. The Morgan fingerprint density at radius 1 is 1.00 bits per heavy atom. The van der Waals surface area contributed by atoms with Crippen LogP contribution in [-0.2, 0) is 14.8 Å². The molecular formula is C20H23N5O3S2. The number of hydrogen-bond donors (Lipinski definition) is 1. The van der Waals surface area contributed by atoms with E-state index in [4.69, 9.17) is 0 Å². The number of nitrogens with one attached hydrogen (secondary N) is 1. The number of rotatable bonds is 6. The number of nitrogens with zero attached hydrogens (tertiary/aromatic N) is 4. The molecule has 0 bridgehead atoms. The van der Waals surface area contributed by atoms with Gasteiger partial charge in [0, 0.05) is 25.0 Å². The summed E-state index contributed by atoms with van der Waals surface area (Å²) in [5.41, 5.74) is 1.28. The maximum absolute atomic E-state index is 12.8. The van der Waals surface area contributed by atoms with E-state index in [-0.39, 0.29) is 16.6 Å². The molecule has 10 heteroatoms. The third-order valence-electron chi connectivity index (χ3n) is 4.96. The first-order valence-corrected chi connectivity index (χ1v) is 12.3. The van der Waals surface area contributed by atoms with E-state index in [1.807, 2.05) is 28.8 Å². The highest BCUT2D eigenvalue weighted by Gasteiger charge is 2.25. The summed E-state index contributed by atoms with van der Waals surface area (Å²) in [6, 6.07) is 11.9. The smallest absolute Gasteiger partial charge is 0.243 e. The van der Waals surface area contributed by atoms with Crippen molar-refractivity contribution in [2.75, 3.05) is 24.2 Å². The Balaban J connectivity index is 1.36. The quantitative estimate of drug-likeness (QED) is 0.586. The average Bonchev–Trinajstić information content (AvgIpc) is 2.96. The first-order chi connectivity index (χ1) is 14.5. The van der Waals surface area contributed by atoms with Gasteiger partial charge in [0.1, 0.15) is 0 Å². The zero-order valence-corrected chi connectivity index (χ0v) is 18.0. The lowest BCUT2D eigenvalue weighted by atomic mass is 10.2. The molecule has 1 amide bonds. The van der Waals surface area contributed by atoms with Crippen LogP contribution in [-0.4, -0.2) is 52.1 Å². The van der Waals surface area contributed by atoms with E-state index in [0.717, 1.165) is 31.3 Å². The highest BCUT2D eigenvalue weighted by molar-refractivity contribution is 7.99. The number of benzene rings is 1. The number of carbonyl (C=O) groups excluding carboxylic acids is 1. The molecule has 1 aliphatic rings. The van der Waals surface area contributed by atoms with E-state index >= 15 is 0 Å². The van der Waals surface area contributed by atoms with Crippen LogP contribution in [0.2, 0.25) is 0 Å². The predicted molar refractivity (Wildman–Crippen MR) is 116 cm³/mol. The van der Waals surface area contributed by atoms with Crippen LogP contribution in [0.15, 0.2) is 58.7 Å². The molecule has 30 heavy (non-hydrogen) atoms. The fourth-order valence-corrected chi connectivity index (χ4v) is 5.63. The summed E-state index contributed by atoms with van der Waals surface area (Å²) in [5, 5.41) is 11.6. The highest BCUT2D eigenvalue weighted by Crippen LogP contribution is 2.22. The first kappa shape index (κ1) is 20.8. The Kier molecular flexibility index (Phi) is 6.35. The van der Waals surface area contributed by atoms with Crippen molar-refractivity contribution in [1.29, 1.82) is 0 Å². The van der Waals surface area contributed by atoms with Gasteiger partial charge in [-0.25, -0.2) is 8.42 Å². The number of pyridine rings is 1. The molecule has 3 heterocycles. The maximum atomic E-state index is 12.8. The molecular weight excluding hydrogens is 422 g/mol. The lowest BCUT2D eigenvalue weighted by Gasteiger charge is -2.20. The molecule has 0 unspecified atom stereocenters. The van der Waals surface area contributed by atoms with Crippen LogP contribution in [0.5, 0.6) is 0 Å². The minimum Gasteiger partial charge on any atom is -0.325 e. The monoisotopic (exact) mass is 445 g/mol. The van der Waals surface area contributed by atoms with Gasteiger partial charge >= 0.3 is 0 Å². The molecule has 0 aliphatic carbocycles. The summed E-state index contributed by atoms with van der Waals surface area (Å²) in [7, 11) is -3.49. The lowest BCUT2D eigenvalue weighted by molar-refractivity contribution is -0.113. The third kappa shape index (κ3) is 4.66. The van der Waals surface area contributed by atoms with Gasteiger partial charge in [-0.3, -0.25) is 9.20 Å². The van der Waals surface area contributed by atoms with Gasteiger partial charge in [0.25, 0.3) is 0 Å². The number of aromatic nitrogens is 3. The van der Waals surface area contributed by atoms with Gasteiger partial charge < -0.3 is 5.32 Å². The van der Waals surface area contributed by atoms with Crippen molar-refractivity contribution >= 4 is 39.0 Å². The van der Waals surface area contributed by atoms with Crippen LogP contribution in [0.3, 0.4) is 0 Å². The van der Waals surface area contributed by atoms with Gasteiger partial charge in [-0.05, 0) is 49.2 Å². The van der Waals surface area contributed by atoms with Crippen LogP contribution in [0.4, 0.5) is 5.69 Å². The summed E-state index contributed by atoms with van der Waals surface area (Å²) in [6.45, 7) is 1.13. The average molecular weight is 446 g/mol. The zero-order chi connectivity index (χ0) is 21.0. The number of hydrogen-bond acceptors (Lipinski definition) is 6. The van der Waals surface area contributed by atoms with Gasteiger partial charge in [-0.15, -0.1) is 10.2 Å². The lowest BCUT2D eigenvalue weighted by Crippen LogP contribution is -2.31. The molecule has 2 aromatic heterocycles. The highest BCUT2D eigenvalue weighted by atomic mass is 32.2. The number of sulfonamides is 1. The minimum absolute atomic E-state index is 0.170. The Morgan fingerprint density at radius 2 is 1.73 bits per heavy atom. The molecule has 0 spiro atoms. The summed E-state index contributed by atoms with van der Waals surface area (Å²) in [5.74, 6) is -0.0282. The van der Waals surface area contributed by atoms with Gasteiger partial charge in [0.05, 0.1) is 10.6 Å². The summed E-state index contributed by atoms with van der Waals surface area (Å²) >= 11 is 1.29. The molecule has 0 atom stereocenters. The molecule has 1 fully saturated rings. The minimum atomic E-state index is -3.49. The van der Waals surface area contributed by atoms with Crippen molar-refractivity contribution in [1.82, 2.24) is 18.9 Å². The number of amides is 1. The molecule has 3 aromatic rings. The van der Waals surface area contributed by atoms with Crippen molar-refractivity contribution in [2.45, 2.75) is 35.7 Å². The third-order valence-corrected chi connectivity index (χ3v) is 7.81. The number of thioether (sulfide) groups is 1. The van der Waals surface area contributed by atoms with Crippen LogP contribution in [0.25, 0.3) is 5.65 Å². The van der Waals surface area contributed by atoms with E-state index in [1.54, 1.807) is 28.6 Å². The summed E-state index contributed by atoms with van der Waals surface area (Å²) < 4.78 is 29.1. The predicted octanol–water partition coefficient (Wildman–Crippen LogP) is 3.02. The second-order valence-corrected chi connectivity index (χ2v) is 9.97. The number of carbonyl (C=O) groups is 1. The Hall–Kier alpha value is -2.43. The molecule has 1 aliphatic heterocycles. The normalized spacial score (nSPS) is 15.7. The SMILES string of the molecule is O=C(CSc1nnc2ccccn12)Nc1ccc(S(=O)(=O)N2CCCCCC2)cc1. The van der Waals surface area contributed by atoms with Crippen molar-refractivity contribution in [3.63, 3.8) is 0 Å². The second kappa shape index (κ2) is 9.15. The zero-order valence-electron chi connectivity index (χ0n) is 16.4. The van der Waals surface area contributed by atoms with Crippen LogP contribution < -0.4 is 5.32 Å². The molecule has 4 rings (SSSR count). The standard InChI is InChI=1S/C20H23N5O3S2/c26-19(15-29-20-23-22-18-7-3-6-14-25(18)20)21-16-8-10-17(11-9-16)30(27,28)24-12-4-1-2-5-13-24/h3,6-11,14H,1-2,4-5,12-13,15H2,(H,21,26). The molecule has 0 saturated carbocycles. The topological polar surface area (TPSA) is 96.7 Å². The number of fused-ring (bicyclic) bond motifs is 1. The largest absolute Gasteiger partial charge is 0.325 e. The van der Waals surface area contributed by atoms with Gasteiger partial charge in [0.15, 0.2) is 10.8 Å². The Morgan fingerprint density at radius 3 is 2.47 bits per heavy atom. The second-order valence-electron chi connectivity index (χ2n) is 7.09. The van der Waals surface area contributed by atoms with Gasteiger partial charge in [0.2, 0.25) is 15.9 Å². The van der Waals surface area contributed by atoms with Gasteiger partial charge in [-0.2, -0.15) is 4.31 Å². The van der Waals surface area contributed by atoms with Crippen LogP contribution in [0, 0.1) is 0 Å². The van der Waals surface area contributed by atoms with Gasteiger partial charge in [-0.1, -0.05) is 30.7 Å². The molecule has 158 valence electrons. The fraction of sp³-hybridized carbons (Fsp3) is 0.350. The van der Waals surface area contributed by atoms with Crippen molar-refractivity contribution in [2.24, 2.45) is 0 Å². The van der Waals surface area contributed by atoms with E-state index in [2.05, 4.69) is 15.5 Å². The summed E-state index contributed by atoms with van der Waals surface area (Å²) in [6.07, 6.45) is 5.77. The van der Waals surface area contributed by atoms with Crippen molar-refractivity contribution in [3.8, 4) is 0 Å².